The number of carboxylic acid groups (broad SMARTS) is 1. The average molecular weight is 197 g/mol. The van der Waals surface area contributed by atoms with Crippen LogP contribution in [0.25, 0.3) is 0 Å². The summed E-state index contributed by atoms with van der Waals surface area (Å²) in [7, 11) is 0. The minimum Gasteiger partial charge on any atom is -0.481 e. The molecule has 0 aromatic carbocycles. The molecule has 0 aliphatic carbocycles. The molecule has 0 saturated heterocycles. The van der Waals surface area contributed by atoms with Crippen molar-refractivity contribution in [2.45, 2.75) is 39.7 Å². The first-order chi connectivity index (χ1) is 6.65. The minimum atomic E-state index is -0.756. The second-order valence-corrected chi connectivity index (χ2v) is 3.17. The van der Waals surface area contributed by atoms with Crippen LogP contribution < -0.4 is 0 Å². The van der Waals surface area contributed by atoms with E-state index in [1.54, 1.807) is 0 Å². The van der Waals surface area contributed by atoms with Gasteiger partial charge >= 0.3 is 5.97 Å². The van der Waals surface area contributed by atoms with Crippen molar-refractivity contribution in [2.24, 2.45) is 0 Å². The molecular weight excluding hydrogens is 182 g/mol. The van der Waals surface area contributed by atoms with E-state index in [2.05, 4.69) is 10.2 Å². The van der Waals surface area contributed by atoms with Gasteiger partial charge in [0.1, 0.15) is 11.6 Å². The maximum atomic E-state index is 10.3. The highest BCUT2D eigenvalue weighted by Crippen LogP contribution is 2.04. The predicted molar refractivity (Wildman–Crippen MR) is 51.0 cm³/mol. The zero-order valence-electron chi connectivity index (χ0n) is 8.53. The van der Waals surface area contributed by atoms with Crippen molar-refractivity contribution in [3.05, 3.63) is 11.6 Å². The van der Waals surface area contributed by atoms with Gasteiger partial charge in [-0.25, -0.2) is 0 Å². The molecule has 5 nitrogen and oxygen atoms in total. The van der Waals surface area contributed by atoms with Crippen LogP contribution in [0.3, 0.4) is 0 Å². The Bertz CT molecular complexity index is 320. The number of rotatable bonds is 5. The standard InChI is InChI=1S/C9H15N3O2/c1-3-8-11-10-7(2)12(8)6-4-5-9(13)14/h3-6H2,1-2H3,(H,13,14). The third-order valence-electron chi connectivity index (χ3n) is 2.10. The molecule has 0 saturated carbocycles. The second-order valence-electron chi connectivity index (χ2n) is 3.17. The van der Waals surface area contributed by atoms with Crippen LogP contribution in [-0.2, 0) is 17.8 Å². The summed E-state index contributed by atoms with van der Waals surface area (Å²) < 4.78 is 1.98. The molecule has 0 amide bonds. The second kappa shape index (κ2) is 4.74. The molecule has 1 aromatic rings. The van der Waals surface area contributed by atoms with Crippen molar-refractivity contribution in [2.75, 3.05) is 0 Å². The van der Waals surface area contributed by atoms with E-state index in [1.807, 2.05) is 18.4 Å². The fourth-order valence-electron chi connectivity index (χ4n) is 1.37. The molecule has 0 radical (unpaired) electrons. The van der Waals surface area contributed by atoms with E-state index in [9.17, 15) is 4.79 Å². The Labute approximate surface area is 82.8 Å². The van der Waals surface area contributed by atoms with Gasteiger partial charge in [-0.15, -0.1) is 10.2 Å². The van der Waals surface area contributed by atoms with Gasteiger partial charge in [0.25, 0.3) is 0 Å². The predicted octanol–water partition coefficient (Wildman–Crippen LogP) is 1.01. The highest BCUT2D eigenvalue weighted by Gasteiger charge is 2.06. The van der Waals surface area contributed by atoms with Gasteiger partial charge < -0.3 is 9.67 Å². The van der Waals surface area contributed by atoms with Crippen molar-refractivity contribution in [3.8, 4) is 0 Å². The summed E-state index contributed by atoms with van der Waals surface area (Å²) in [5, 5.41) is 16.4. The summed E-state index contributed by atoms with van der Waals surface area (Å²) in [5.74, 6) is 1.02. The molecule has 1 rings (SSSR count). The number of aliphatic carboxylic acids is 1. The molecule has 0 bridgehead atoms. The van der Waals surface area contributed by atoms with Gasteiger partial charge in [0.05, 0.1) is 0 Å². The monoisotopic (exact) mass is 197 g/mol. The molecule has 1 heterocycles. The Morgan fingerprint density at radius 2 is 2.21 bits per heavy atom. The quantitative estimate of drug-likeness (QED) is 0.765. The van der Waals surface area contributed by atoms with E-state index >= 15 is 0 Å². The maximum absolute atomic E-state index is 10.3. The molecule has 0 spiro atoms. The third-order valence-corrected chi connectivity index (χ3v) is 2.10. The molecule has 0 aliphatic heterocycles. The molecule has 0 unspecified atom stereocenters. The van der Waals surface area contributed by atoms with Crippen LogP contribution in [0.5, 0.6) is 0 Å². The minimum absolute atomic E-state index is 0.195. The van der Waals surface area contributed by atoms with Gasteiger partial charge in [-0.05, 0) is 13.3 Å². The van der Waals surface area contributed by atoms with Crippen LogP contribution in [0.2, 0.25) is 0 Å². The molecule has 5 heteroatoms. The lowest BCUT2D eigenvalue weighted by atomic mass is 10.3. The number of hydrogen-bond acceptors (Lipinski definition) is 3. The van der Waals surface area contributed by atoms with Crippen LogP contribution in [0.1, 0.15) is 31.4 Å². The summed E-state index contributed by atoms with van der Waals surface area (Å²) in [6, 6.07) is 0. The van der Waals surface area contributed by atoms with Gasteiger partial charge in [-0.2, -0.15) is 0 Å². The van der Waals surface area contributed by atoms with Crippen LogP contribution in [0, 0.1) is 6.92 Å². The van der Waals surface area contributed by atoms with Crippen molar-refractivity contribution >= 4 is 5.97 Å². The smallest absolute Gasteiger partial charge is 0.303 e. The summed E-state index contributed by atoms with van der Waals surface area (Å²) >= 11 is 0. The number of carbonyl (C=O) groups is 1. The van der Waals surface area contributed by atoms with Gasteiger partial charge in [-0.3, -0.25) is 4.79 Å². The lowest BCUT2D eigenvalue weighted by Gasteiger charge is -2.05. The Kier molecular flexibility index (Phi) is 3.62. The van der Waals surface area contributed by atoms with E-state index in [0.29, 0.717) is 13.0 Å². The van der Waals surface area contributed by atoms with Crippen molar-refractivity contribution < 1.29 is 9.90 Å². The number of aryl methyl sites for hydroxylation is 2. The first-order valence-electron chi connectivity index (χ1n) is 4.75. The topological polar surface area (TPSA) is 68.0 Å². The number of hydrogen-bond donors (Lipinski definition) is 1. The lowest BCUT2D eigenvalue weighted by molar-refractivity contribution is -0.137. The molecule has 0 fully saturated rings. The number of carboxylic acids is 1. The maximum Gasteiger partial charge on any atom is 0.303 e. The highest BCUT2D eigenvalue weighted by atomic mass is 16.4. The highest BCUT2D eigenvalue weighted by molar-refractivity contribution is 5.66. The molecular formula is C9H15N3O2. The Balaban J connectivity index is 2.56. The average Bonchev–Trinajstić information content (AvgIpc) is 2.47. The van der Waals surface area contributed by atoms with Crippen LogP contribution in [0.15, 0.2) is 0 Å². The van der Waals surface area contributed by atoms with Crippen molar-refractivity contribution in [3.63, 3.8) is 0 Å². The van der Waals surface area contributed by atoms with E-state index in [0.717, 1.165) is 18.1 Å². The Morgan fingerprint density at radius 3 is 2.79 bits per heavy atom. The van der Waals surface area contributed by atoms with E-state index in [1.165, 1.54) is 0 Å². The lowest BCUT2D eigenvalue weighted by Crippen LogP contribution is -2.07. The van der Waals surface area contributed by atoms with Crippen molar-refractivity contribution in [1.29, 1.82) is 0 Å². The fourth-order valence-corrected chi connectivity index (χ4v) is 1.37. The Hall–Kier alpha value is -1.39. The van der Waals surface area contributed by atoms with Gasteiger partial charge in [-0.1, -0.05) is 6.92 Å². The molecule has 0 aliphatic rings. The summed E-state index contributed by atoms with van der Waals surface area (Å²) in [5.41, 5.74) is 0. The van der Waals surface area contributed by atoms with E-state index < -0.39 is 5.97 Å². The zero-order valence-corrected chi connectivity index (χ0v) is 8.53. The number of aromatic nitrogens is 3. The van der Waals surface area contributed by atoms with E-state index in [4.69, 9.17) is 5.11 Å². The van der Waals surface area contributed by atoms with Gasteiger partial charge in [0, 0.05) is 19.4 Å². The van der Waals surface area contributed by atoms with E-state index in [-0.39, 0.29) is 6.42 Å². The van der Waals surface area contributed by atoms with Gasteiger partial charge in [0.2, 0.25) is 0 Å². The molecule has 1 N–H and O–H groups in total. The number of nitrogens with zero attached hydrogens (tertiary/aromatic N) is 3. The normalized spacial score (nSPS) is 10.4. The van der Waals surface area contributed by atoms with Crippen LogP contribution in [-0.4, -0.2) is 25.8 Å². The summed E-state index contributed by atoms with van der Waals surface area (Å²) in [4.78, 5) is 10.3. The van der Waals surface area contributed by atoms with Crippen molar-refractivity contribution in [1.82, 2.24) is 14.8 Å². The molecule has 1 aromatic heterocycles. The fraction of sp³-hybridized carbons (Fsp3) is 0.667. The first-order valence-corrected chi connectivity index (χ1v) is 4.75. The van der Waals surface area contributed by atoms with Crippen LogP contribution in [0.4, 0.5) is 0 Å². The Morgan fingerprint density at radius 1 is 1.50 bits per heavy atom. The molecule has 14 heavy (non-hydrogen) atoms. The molecule has 0 atom stereocenters. The SMILES string of the molecule is CCc1nnc(C)n1CCCC(=O)O. The third kappa shape index (κ3) is 2.55. The van der Waals surface area contributed by atoms with Crippen LogP contribution >= 0.6 is 0 Å². The first kappa shape index (κ1) is 10.7. The largest absolute Gasteiger partial charge is 0.481 e. The zero-order chi connectivity index (χ0) is 10.6. The van der Waals surface area contributed by atoms with Gasteiger partial charge in [0.15, 0.2) is 0 Å². The summed E-state index contributed by atoms with van der Waals surface area (Å²) in [6.45, 7) is 4.58. The molecule has 78 valence electrons. The summed E-state index contributed by atoms with van der Waals surface area (Å²) in [6.07, 6.45) is 1.65.